The van der Waals surface area contributed by atoms with E-state index < -0.39 is 21.4 Å². The van der Waals surface area contributed by atoms with E-state index in [4.69, 9.17) is 14.2 Å². The Kier molecular flexibility index (Phi) is 4.58. The lowest BCUT2D eigenvalue weighted by Gasteiger charge is -2.16. The number of halogens is 3. The maximum Gasteiger partial charge on any atom is 0.534 e. The molecular formula is C10H11F3O6S. The molecule has 6 nitrogen and oxygen atoms in total. The summed E-state index contributed by atoms with van der Waals surface area (Å²) in [5, 5.41) is 0. The van der Waals surface area contributed by atoms with Crippen LogP contribution in [0.15, 0.2) is 12.1 Å². The Balaban J connectivity index is 3.37. The molecule has 0 atom stereocenters. The van der Waals surface area contributed by atoms with E-state index in [0.29, 0.717) is 0 Å². The van der Waals surface area contributed by atoms with Crippen molar-refractivity contribution in [1.29, 1.82) is 0 Å². The van der Waals surface area contributed by atoms with Gasteiger partial charge in [0.05, 0.1) is 21.3 Å². The van der Waals surface area contributed by atoms with Gasteiger partial charge in [0, 0.05) is 12.1 Å². The summed E-state index contributed by atoms with van der Waals surface area (Å²) in [7, 11) is -2.28. The highest BCUT2D eigenvalue weighted by Crippen LogP contribution is 2.43. The Hall–Kier alpha value is -1.84. The highest BCUT2D eigenvalue weighted by molar-refractivity contribution is 7.88. The van der Waals surface area contributed by atoms with E-state index in [1.54, 1.807) is 0 Å². The van der Waals surface area contributed by atoms with Crippen molar-refractivity contribution in [2.45, 2.75) is 5.51 Å². The zero-order chi connectivity index (χ0) is 15.6. The molecule has 0 aliphatic carbocycles. The summed E-state index contributed by atoms with van der Waals surface area (Å²) < 4.78 is 77.5. The second-order valence-corrected chi connectivity index (χ2v) is 4.88. The number of benzene rings is 1. The second-order valence-electron chi connectivity index (χ2n) is 3.34. The first-order chi connectivity index (χ1) is 9.16. The molecule has 0 amide bonds. The SMILES string of the molecule is COc1cc(OC)c(OS(=O)(=O)C(F)(F)F)c(OC)c1. The van der Waals surface area contributed by atoms with E-state index in [1.807, 2.05) is 0 Å². The molecule has 1 aromatic carbocycles. The first-order valence-corrected chi connectivity index (χ1v) is 6.38. The van der Waals surface area contributed by atoms with Gasteiger partial charge in [0.15, 0.2) is 11.5 Å². The van der Waals surface area contributed by atoms with Gasteiger partial charge in [-0.3, -0.25) is 0 Å². The molecular weight excluding hydrogens is 305 g/mol. The second kappa shape index (κ2) is 5.65. The van der Waals surface area contributed by atoms with Gasteiger partial charge >= 0.3 is 15.6 Å². The van der Waals surface area contributed by atoms with Gasteiger partial charge < -0.3 is 18.4 Å². The average molecular weight is 316 g/mol. The van der Waals surface area contributed by atoms with E-state index in [0.717, 1.165) is 26.4 Å². The third kappa shape index (κ3) is 3.18. The molecule has 0 aliphatic rings. The molecule has 0 saturated carbocycles. The van der Waals surface area contributed by atoms with Crippen LogP contribution in [0.4, 0.5) is 13.2 Å². The third-order valence-corrected chi connectivity index (χ3v) is 3.10. The van der Waals surface area contributed by atoms with Gasteiger partial charge in [-0.25, -0.2) is 0 Å². The minimum Gasteiger partial charge on any atom is -0.496 e. The van der Waals surface area contributed by atoms with Gasteiger partial charge in [-0.2, -0.15) is 21.6 Å². The van der Waals surface area contributed by atoms with Gasteiger partial charge in [-0.15, -0.1) is 0 Å². The first-order valence-electron chi connectivity index (χ1n) is 4.97. The lowest BCUT2D eigenvalue weighted by atomic mass is 10.2. The molecule has 0 radical (unpaired) electrons. The number of hydrogen-bond acceptors (Lipinski definition) is 6. The van der Waals surface area contributed by atoms with Gasteiger partial charge in [0.25, 0.3) is 0 Å². The van der Waals surface area contributed by atoms with Crippen LogP contribution in [0.1, 0.15) is 0 Å². The molecule has 0 fully saturated rings. The van der Waals surface area contributed by atoms with Crippen molar-refractivity contribution in [2.75, 3.05) is 21.3 Å². The number of rotatable bonds is 5. The van der Waals surface area contributed by atoms with Crippen molar-refractivity contribution in [3.8, 4) is 23.0 Å². The van der Waals surface area contributed by atoms with Crippen molar-refractivity contribution in [1.82, 2.24) is 0 Å². The molecule has 0 N–H and O–H groups in total. The summed E-state index contributed by atoms with van der Waals surface area (Å²) in [5.74, 6) is -1.09. The summed E-state index contributed by atoms with van der Waals surface area (Å²) in [6.07, 6.45) is 0. The quantitative estimate of drug-likeness (QED) is 0.611. The van der Waals surface area contributed by atoms with E-state index in [1.165, 1.54) is 7.11 Å². The van der Waals surface area contributed by atoms with E-state index in [2.05, 4.69) is 4.18 Å². The molecule has 0 spiro atoms. The van der Waals surface area contributed by atoms with Crippen LogP contribution in [0.2, 0.25) is 0 Å². The minimum atomic E-state index is -5.84. The van der Waals surface area contributed by atoms with Crippen LogP contribution in [-0.2, 0) is 10.1 Å². The third-order valence-electron chi connectivity index (χ3n) is 2.15. The molecule has 0 heterocycles. The molecule has 0 saturated heterocycles. The van der Waals surface area contributed by atoms with Crippen molar-refractivity contribution >= 4 is 10.1 Å². The summed E-state index contributed by atoms with van der Waals surface area (Å²) >= 11 is 0. The maximum atomic E-state index is 12.3. The number of alkyl halides is 3. The number of methoxy groups -OCH3 is 3. The Bertz CT molecular complexity index is 556. The van der Waals surface area contributed by atoms with Crippen LogP contribution >= 0.6 is 0 Å². The predicted octanol–water partition coefficient (Wildman–Crippen LogP) is 1.94. The Morgan fingerprint density at radius 3 is 1.70 bits per heavy atom. The van der Waals surface area contributed by atoms with Crippen LogP contribution in [-0.4, -0.2) is 35.3 Å². The maximum absolute atomic E-state index is 12.3. The van der Waals surface area contributed by atoms with Gasteiger partial charge in [0.1, 0.15) is 5.75 Å². The van der Waals surface area contributed by atoms with Crippen LogP contribution in [0, 0.1) is 0 Å². The zero-order valence-corrected chi connectivity index (χ0v) is 11.5. The molecule has 0 bridgehead atoms. The molecule has 0 aromatic heterocycles. The molecule has 114 valence electrons. The Labute approximate surface area is 113 Å². The van der Waals surface area contributed by atoms with Gasteiger partial charge in [0.2, 0.25) is 5.75 Å². The first kappa shape index (κ1) is 16.2. The van der Waals surface area contributed by atoms with Crippen LogP contribution < -0.4 is 18.4 Å². The zero-order valence-electron chi connectivity index (χ0n) is 10.6. The smallest absolute Gasteiger partial charge is 0.496 e. The minimum absolute atomic E-state index is 0.190. The fourth-order valence-electron chi connectivity index (χ4n) is 1.21. The summed E-state index contributed by atoms with van der Waals surface area (Å²) in [6.45, 7) is 0. The highest BCUT2D eigenvalue weighted by Gasteiger charge is 2.49. The lowest BCUT2D eigenvalue weighted by molar-refractivity contribution is -0.0501. The molecule has 1 rings (SSSR count). The van der Waals surface area contributed by atoms with Crippen molar-refractivity contribution < 1.29 is 40.0 Å². The largest absolute Gasteiger partial charge is 0.534 e. The normalized spacial score (nSPS) is 11.9. The van der Waals surface area contributed by atoms with E-state index >= 15 is 0 Å². The Morgan fingerprint density at radius 1 is 0.950 bits per heavy atom. The summed E-state index contributed by atoms with van der Waals surface area (Å²) in [4.78, 5) is 0. The fraction of sp³-hybridized carbons (Fsp3) is 0.400. The number of ether oxygens (including phenoxy) is 3. The van der Waals surface area contributed by atoms with Crippen molar-refractivity contribution in [2.24, 2.45) is 0 Å². The Morgan fingerprint density at radius 2 is 1.40 bits per heavy atom. The molecule has 1 aromatic rings. The summed E-state index contributed by atoms with van der Waals surface area (Å²) in [5.41, 5.74) is -5.57. The average Bonchev–Trinajstić information content (AvgIpc) is 2.37. The van der Waals surface area contributed by atoms with Crippen molar-refractivity contribution in [3.05, 3.63) is 12.1 Å². The van der Waals surface area contributed by atoms with Crippen molar-refractivity contribution in [3.63, 3.8) is 0 Å². The van der Waals surface area contributed by atoms with Crippen LogP contribution in [0.25, 0.3) is 0 Å². The van der Waals surface area contributed by atoms with E-state index in [-0.39, 0.29) is 17.2 Å². The highest BCUT2D eigenvalue weighted by atomic mass is 32.2. The molecule has 20 heavy (non-hydrogen) atoms. The molecule has 10 heteroatoms. The predicted molar refractivity (Wildman–Crippen MR) is 61.7 cm³/mol. The molecule has 0 unspecified atom stereocenters. The molecule has 0 aliphatic heterocycles. The number of hydrogen-bond donors (Lipinski definition) is 0. The lowest BCUT2D eigenvalue weighted by Crippen LogP contribution is -2.28. The standard InChI is InChI=1S/C10H11F3O6S/c1-16-6-4-7(17-2)9(8(5-6)18-3)19-20(14,15)10(11,12)13/h4-5H,1-3H3. The van der Waals surface area contributed by atoms with Gasteiger partial charge in [-0.1, -0.05) is 0 Å². The topological polar surface area (TPSA) is 71.1 Å². The summed E-state index contributed by atoms with van der Waals surface area (Å²) in [6, 6.07) is 2.31. The van der Waals surface area contributed by atoms with Crippen LogP contribution in [0.5, 0.6) is 23.0 Å². The van der Waals surface area contributed by atoms with Crippen LogP contribution in [0.3, 0.4) is 0 Å². The fourth-order valence-corrected chi connectivity index (χ4v) is 1.69. The van der Waals surface area contributed by atoms with E-state index in [9.17, 15) is 21.6 Å². The monoisotopic (exact) mass is 316 g/mol. The van der Waals surface area contributed by atoms with Gasteiger partial charge in [-0.05, 0) is 0 Å².